The SMILES string of the molecule is O=C(Cc1cccc(F)c1)Cc1cccc(F)c1Cl. The van der Waals surface area contributed by atoms with E-state index < -0.39 is 5.82 Å². The molecule has 0 amide bonds. The van der Waals surface area contributed by atoms with Crippen molar-refractivity contribution in [2.45, 2.75) is 12.8 Å². The van der Waals surface area contributed by atoms with E-state index in [1.54, 1.807) is 18.2 Å². The molecule has 0 aromatic heterocycles. The van der Waals surface area contributed by atoms with Gasteiger partial charge in [-0.05, 0) is 29.3 Å². The van der Waals surface area contributed by atoms with Crippen molar-refractivity contribution < 1.29 is 13.6 Å². The van der Waals surface area contributed by atoms with Gasteiger partial charge in [-0.1, -0.05) is 35.9 Å². The van der Waals surface area contributed by atoms with Crippen molar-refractivity contribution in [3.63, 3.8) is 0 Å². The van der Waals surface area contributed by atoms with Crippen LogP contribution in [-0.2, 0) is 17.6 Å². The van der Waals surface area contributed by atoms with Gasteiger partial charge in [0.05, 0.1) is 5.02 Å². The van der Waals surface area contributed by atoms with E-state index in [2.05, 4.69) is 0 Å². The zero-order valence-corrected chi connectivity index (χ0v) is 10.8. The summed E-state index contributed by atoms with van der Waals surface area (Å²) >= 11 is 5.78. The smallest absolute Gasteiger partial charge is 0.142 e. The number of ketones is 1. The van der Waals surface area contributed by atoms with Crippen molar-refractivity contribution >= 4 is 17.4 Å². The lowest BCUT2D eigenvalue weighted by atomic mass is 10.0. The van der Waals surface area contributed by atoms with Gasteiger partial charge in [0.25, 0.3) is 0 Å². The second kappa shape index (κ2) is 5.93. The molecule has 0 N–H and O–H groups in total. The molecule has 0 spiro atoms. The van der Waals surface area contributed by atoms with E-state index >= 15 is 0 Å². The van der Waals surface area contributed by atoms with Crippen LogP contribution < -0.4 is 0 Å². The summed E-state index contributed by atoms with van der Waals surface area (Å²) in [6.45, 7) is 0. The topological polar surface area (TPSA) is 17.1 Å². The largest absolute Gasteiger partial charge is 0.299 e. The highest BCUT2D eigenvalue weighted by atomic mass is 35.5. The number of carbonyl (C=O) groups is 1. The van der Waals surface area contributed by atoms with E-state index in [1.807, 2.05) is 0 Å². The molecule has 0 radical (unpaired) electrons. The Morgan fingerprint density at radius 1 is 1.05 bits per heavy atom. The number of carbonyl (C=O) groups excluding carboxylic acids is 1. The Hall–Kier alpha value is -1.74. The summed E-state index contributed by atoms with van der Waals surface area (Å²) in [7, 11) is 0. The van der Waals surface area contributed by atoms with Crippen molar-refractivity contribution in [2.75, 3.05) is 0 Å². The first-order chi connectivity index (χ1) is 9.06. The van der Waals surface area contributed by atoms with Gasteiger partial charge < -0.3 is 0 Å². The predicted octanol–water partition coefficient (Wildman–Crippen LogP) is 3.97. The zero-order chi connectivity index (χ0) is 13.8. The summed E-state index contributed by atoms with van der Waals surface area (Å²) in [4.78, 5) is 11.9. The fourth-order valence-electron chi connectivity index (χ4n) is 1.83. The molecule has 0 saturated heterocycles. The molecule has 2 aromatic carbocycles. The van der Waals surface area contributed by atoms with Gasteiger partial charge in [-0.3, -0.25) is 4.79 Å². The molecule has 19 heavy (non-hydrogen) atoms. The molecule has 1 nitrogen and oxygen atoms in total. The molecule has 0 saturated carbocycles. The van der Waals surface area contributed by atoms with E-state index in [0.717, 1.165) is 0 Å². The monoisotopic (exact) mass is 280 g/mol. The van der Waals surface area contributed by atoms with Crippen molar-refractivity contribution in [3.8, 4) is 0 Å². The summed E-state index contributed by atoms with van der Waals surface area (Å²) < 4.78 is 26.2. The van der Waals surface area contributed by atoms with Crippen LogP contribution in [0.4, 0.5) is 8.78 Å². The first-order valence-electron chi connectivity index (χ1n) is 5.75. The lowest BCUT2D eigenvalue weighted by Gasteiger charge is -2.05. The second-order valence-electron chi connectivity index (χ2n) is 4.24. The average molecular weight is 281 g/mol. The standard InChI is InChI=1S/C15H11ClF2O/c16-15-11(4-2-6-14(15)18)9-13(19)8-10-3-1-5-12(17)7-10/h1-7H,8-9H2. The third-order valence-electron chi connectivity index (χ3n) is 2.71. The minimum Gasteiger partial charge on any atom is -0.299 e. The van der Waals surface area contributed by atoms with Crippen molar-refractivity contribution in [3.05, 3.63) is 70.2 Å². The summed E-state index contributed by atoms with van der Waals surface area (Å²) in [6, 6.07) is 10.2. The quantitative estimate of drug-likeness (QED) is 0.828. The van der Waals surface area contributed by atoms with Gasteiger partial charge in [-0.2, -0.15) is 0 Å². The van der Waals surface area contributed by atoms with Crippen LogP contribution in [0.15, 0.2) is 42.5 Å². The minimum absolute atomic E-state index is 0.0323. The van der Waals surface area contributed by atoms with Gasteiger partial charge in [-0.25, -0.2) is 8.78 Å². The highest BCUT2D eigenvalue weighted by molar-refractivity contribution is 6.31. The number of benzene rings is 2. The zero-order valence-electron chi connectivity index (χ0n) is 10.00. The molecule has 0 fully saturated rings. The van der Waals surface area contributed by atoms with Crippen LogP contribution in [0.2, 0.25) is 5.02 Å². The Kier molecular flexibility index (Phi) is 4.27. The highest BCUT2D eigenvalue weighted by Gasteiger charge is 2.11. The Labute approximate surface area is 114 Å². The maximum Gasteiger partial charge on any atom is 0.142 e. The fraction of sp³-hybridized carbons (Fsp3) is 0.133. The van der Waals surface area contributed by atoms with Gasteiger partial charge in [0.2, 0.25) is 0 Å². The molecule has 0 atom stereocenters. The van der Waals surface area contributed by atoms with Crippen LogP contribution in [0.1, 0.15) is 11.1 Å². The lowest BCUT2D eigenvalue weighted by molar-refractivity contribution is -0.117. The molecule has 0 unspecified atom stereocenters. The Balaban J connectivity index is 2.08. The van der Waals surface area contributed by atoms with Crippen molar-refractivity contribution in [2.24, 2.45) is 0 Å². The number of hydrogen-bond acceptors (Lipinski definition) is 1. The molecular formula is C15H11ClF2O. The maximum absolute atomic E-state index is 13.2. The fourth-order valence-corrected chi connectivity index (χ4v) is 2.03. The Bertz CT molecular complexity index is 611. The van der Waals surface area contributed by atoms with Gasteiger partial charge in [-0.15, -0.1) is 0 Å². The molecule has 0 aliphatic carbocycles. The summed E-state index contributed by atoms with van der Waals surface area (Å²) in [5.74, 6) is -1.06. The van der Waals surface area contributed by atoms with Gasteiger partial charge >= 0.3 is 0 Å². The first kappa shape index (κ1) is 13.7. The molecule has 0 aliphatic rings. The number of rotatable bonds is 4. The van der Waals surface area contributed by atoms with Crippen LogP contribution in [-0.4, -0.2) is 5.78 Å². The molecule has 0 aliphatic heterocycles. The van der Waals surface area contributed by atoms with E-state index in [0.29, 0.717) is 11.1 Å². The van der Waals surface area contributed by atoms with E-state index in [4.69, 9.17) is 11.6 Å². The summed E-state index contributed by atoms with van der Waals surface area (Å²) in [6.07, 6.45) is 0.137. The third kappa shape index (κ3) is 3.61. The van der Waals surface area contributed by atoms with Gasteiger partial charge in [0.15, 0.2) is 0 Å². The lowest BCUT2D eigenvalue weighted by Crippen LogP contribution is -2.07. The second-order valence-corrected chi connectivity index (χ2v) is 4.61. The number of halogens is 3. The highest BCUT2D eigenvalue weighted by Crippen LogP contribution is 2.20. The van der Waals surface area contributed by atoms with Crippen LogP contribution in [0.5, 0.6) is 0 Å². The molecule has 0 heterocycles. The first-order valence-corrected chi connectivity index (χ1v) is 6.13. The normalized spacial score (nSPS) is 10.5. The van der Waals surface area contributed by atoms with E-state index in [9.17, 15) is 13.6 Å². The van der Waals surface area contributed by atoms with Gasteiger partial charge in [0, 0.05) is 12.8 Å². The third-order valence-corrected chi connectivity index (χ3v) is 3.13. The molecule has 0 bridgehead atoms. The minimum atomic E-state index is -0.544. The van der Waals surface area contributed by atoms with Crippen LogP contribution in [0.25, 0.3) is 0 Å². The van der Waals surface area contributed by atoms with Gasteiger partial charge in [0.1, 0.15) is 17.4 Å². The van der Waals surface area contributed by atoms with Crippen LogP contribution in [0, 0.1) is 11.6 Å². The van der Waals surface area contributed by atoms with E-state index in [1.165, 1.54) is 24.3 Å². The number of hydrogen-bond donors (Lipinski definition) is 0. The maximum atomic E-state index is 13.2. The summed E-state index contributed by atoms with van der Waals surface area (Å²) in [5.41, 5.74) is 1.04. The molecule has 2 rings (SSSR count). The Morgan fingerprint density at radius 3 is 2.53 bits per heavy atom. The molecule has 4 heteroatoms. The molecule has 98 valence electrons. The summed E-state index contributed by atoms with van der Waals surface area (Å²) in [5, 5.41) is -0.0323. The van der Waals surface area contributed by atoms with Crippen LogP contribution in [0.3, 0.4) is 0 Å². The van der Waals surface area contributed by atoms with Crippen LogP contribution >= 0.6 is 11.6 Å². The molecule has 2 aromatic rings. The van der Waals surface area contributed by atoms with Crippen molar-refractivity contribution in [1.82, 2.24) is 0 Å². The van der Waals surface area contributed by atoms with E-state index in [-0.39, 0.29) is 29.5 Å². The molecular weight excluding hydrogens is 270 g/mol. The predicted molar refractivity (Wildman–Crippen MR) is 70.2 cm³/mol. The Morgan fingerprint density at radius 2 is 1.79 bits per heavy atom. The van der Waals surface area contributed by atoms with Crippen molar-refractivity contribution in [1.29, 1.82) is 0 Å². The average Bonchev–Trinajstić information content (AvgIpc) is 2.35. The number of Topliss-reactive ketones (excluding diaryl/α,β-unsaturated/α-hetero) is 1.